The van der Waals surface area contributed by atoms with Crippen molar-refractivity contribution in [1.82, 2.24) is 0 Å². The van der Waals surface area contributed by atoms with Crippen molar-refractivity contribution in [1.29, 1.82) is 5.26 Å². The number of rotatable bonds is 2. The molecule has 0 saturated heterocycles. The molecule has 0 radical (unpaired) electrons. The lowest BCUT2D eigenvalue weighted by atomic mass is 10.1. The normalized spacial score (nSPS) is 9.78. The minimum Gasteiger partial charge on any atom is -0.399 e. The van der Waals surface area contributed by atoms with E-state index in [0.29, 0.717) is 21.8 Å². The Bertz CT molecular complexity index is 640. The molecule has 4 nitrogen and oxygen atoms in total. The van der Waals surface area contributed by atoms with Crippen molar-refractivity contribution < 1.29 is 4.79 Å². The van der Waals surface area contributed by atoms with Gasteiger partial charge in [0.2, 0.25) is 0 Å². The number of benzene rings is 1. The zero-order valence-corrected chi connectivity index (χ0v) is 10.5. The molecule has 1 aromatic carbocycles. The van der Waals surface area contributed by atoms with Crippen LogP contribution in [-0.2, 0) is 0 Å². The summed E-state index contributed by atoms with van der Waals surface area (Å²) in [5, 5.41) is 13.9. The second-order valence-corrected chi connectivity index (χ2v) is 4.72. The van der Waals surface area contributed by atoms with Crippen molar-refractivity contribution in [2.24, 2.45) is 0 Å². The second kappa shape index (κ2) is 4.90. The maximum absolute atomic E-state index is 12.1. The molecule has 0 aliphatic carbocycles. The summed E-state index contributed by atoms with van der Waals surface area (Å²) in [6, 6.07) is 8.88. The summed E-state index contributed by atoms with van der Waals surface area (Å²) in [5.41, 5.74) is 8.04. The molecule has 0 spiro atoms. The van der Waals surface area contributed by atoms with Crippen LogP contribution in [0.3, 0.4) is 0 Å². The Labute approximate surface area is 109 Å². The number of nitrogen functional groups attached to an aromatic ring is 1. The highest BCUT2D eigenvalue weighted by Gasteiger charge is 2.12. The van der Waals surface area contributed by atoms with Crippen LogP contribution in [0.1, 0.15) is 21.5 Å². The average molecular weight is 257 g/mol. The number of carbonyl (C=O) groups is 1. The lowest BCUT2D eigenvalue weighted by molar-refractivity contribution is 0.102. The molecule has 0 atom stereocenters. The maximum atomic E-state index is 12.1. The number of hydrogen-bond acceptors (Lipinski definition) is 4. The standard InChI is InChI=1S/C13H11N3OS/c1-8-2-3-10(15)6-11(8)12(17)16-13-9(7-14)4-5-18-13/h2-6H,15H2,1H3,(H,16,17). The van der Waals surface area contributed by atoms with E-state index in [-0.39, 0.29) is 5.91 Å². The molecule has 2 rings (SSSR count). The largest absolute Gasteiger partial charge is 0.399 e. The summed E-state index contributed by atoms with van der Waals surface area (Å²) in [6.07, 6.45) is 0. The third kappa shape index (κ3) is 2.34. The molecule has 90 valence electrons. The topological polar surface area (TPSA) is 78.9 Å². The van der Waals surface area contributed by atoms with Gasteiger partial charge in [-0.15, -0.1) is 11.3 Å². The number of amides is 1. The maximum Gasteiger partial charge on any atom is 0.256 e. The molecule has 5 heteroatoms. The van der Waals surface area contributed by atoms with Gasteiger partial charge in [0.1, 0.15) is 11.1 Å². The highest BCUT2D eigenvalue weighted by atomic mass is 32.1. The van der Waals surface area contributed by atoms with Crippen LogP contribution >= 0.6 is 11.3 Å². The van der Waals surface area contributed by atoms with Crippen LogP contribution in [0, 0.1) is 18.3 Å². The van der Waals surface area contributed by atoms with E-state index in [0.717, 1.165) is 5.56 Å². The first kappa shape index (κ1) is 12.1. The van der Waals surface area contributed by atoms with E-state index in [1.54, 1.807) is 29.6 Å². The molecule has 0 saturated carbocycles. The van der Waals surface area contributed by atoms with Crippen molar-refractivity contribution in [3.05, 3.63) is 46.3 Å². The molecule has 3 N–H and O–H groups in total. The van der Waals surface area contributed by atoms with E-state index in [4.69, 9.17) is 11.0 Å². The van der Waals surface area contributed by atoms with Crippen molar-refractivity contribution in [3.8, 4) is 6.07 Å². The van der Waals surface area contributed by atoms with E-state index < -0.39 is 0 Å². The summed E-state index contributed by atoms with van der Waals surface area (Å²) in [7, 11) is 0. The van der Waals surface area contributed by atoms with Gasteiger partial charge in [0, 0.05) is 11.3 Å². The highest BCUT2D eigenvalue weighted by molar-refractivity contribution is 7.14. The van der Waals surface area contributed by atoms with Gasteiger partial charge in [0.05, 0.1) is 5.56 Å². The zero-order chi connectivity index (χ0) is 13.1. The first-order valence-corrected chi connectivity index (χ1v) is 6.15. The van der Waals surface area contributed by atoms with Crippen LogP contribution in [-0.4, -0.2) is 5.91 Å². The number of hydrogen-bond donors (Lipinski definition) is 2. The van der Waals surface area contributed by atoms with Gasteiger partial charge in [-0.25, -0.2) is 0 Å². The predicted octanol–water partition coefficient (Wildman–Crippen LogP) is 2.76. The number of thiophene rings is 1. The number of nitrogens with two attached hydrogens (primary N) is 1. The molecular weight excluding hydrogens is 246 g/mol. The van der Waals surface area contributed by atoms with Crippen LogP contribution in [0.4, 0.5) is 10.7 Å². The van der Waals surface area contributed by atoms with Gasteiger partial charge in [-0.3, -0.25) is 4.79 Å². The van der Waals surface area contributed by atoms with Crippen LogP contribution < -0.4 is 11.1 Å². The number of nitrogens with one attached hydrogen (secondary N) is 1. The third-order valence-electron chi connectivity index (χ3n) is 2.52. The summed E-state index contributed by atoms with van der Waals surface area (Å²) < 4.78 is 0. The van der Waals surface area contributed by atoms with Gasteiger partial charge >= 0.3 is 0 Å². The van der Waals surface area contributed by atoms with Gasteiger partial charge < -0.3 is 11.1 Å². The minimum atomic E-state index is -0.251. The van der Waals surface area contributed by atoms with Crippen molar-refractivity contribution in [3.63, 3.8) is 0 Å². The smallest absolute Gasteiger partial charge is 0.256 e. The zero-order valence-electron chi connectivity index (χ0n) is 9.73. The Morgan fingerprint density at radius 1 is 1.44 bits per heavy atom. The van der Waals surface area contributed by atoms with E-state index in [1.165, 1.54) is 11.3 Å². The second-order valence-electron chi connectivity index (χ2n) is 3.80. The van der Waals surface area contributed by atoms with Gasteiger partial charge in [-0.05, 0) is 36.1 Å². The molecule has 0 bridgehead atoms. The highest BCUT2D eigenvalue weighted by Crippen LogP contribution is 2.23. The number of nitriles is 1. The fraction of sp³-hybridized carbons (Fsp3) is 0.0769. The van der Waals surface area contributed by atoms with E-state index in [9.17, 15) is 4.79 Å². The Kier molecular flexibility index (Phi) is 3.31. The summed E-state index contributed by atoms with van der Waals surface area (Å²) in [6.45, 7) is 1.84. The molecule has 0 aliphatic heterocycles. The molecular formula is C13H11N3OS. The molecule has 1 heterocycles. The molecule has 1 aromatic heterocycles. The van der Waals surface area contributed by atoms with Gasteiger partial charge in [0.25, 0.3) is 5.91 Å². The molecule has 0 fully saturated rings. The Balaban J connectivity index is 2.28. The van der Waals surface area contributed by atoms with Crippen LogP contribution in [0.2, 0.25) is 0 Å². The monoisotopic (exact) mass is 257 g/mol. The summed E-state index contributed by atoms with van der Waals surface area (Å²) >= 11 is 1.32. The summed E-state index contributed by atoms with van der Waals surface area (Å²) in [4.78, 5) is 12.1. The van der Waals surface area contributed by atoms with Crippen molar-refractivity contribution in [2.45, 2.75) is 6.92 Å². The molecule has 1 amide bonds. The number of anilines is 2. The third-order valence-corrected chi connectivity index (χ3v) is 3.35. The van der Waals surface area contributed by atoms with E-state index >= 15 is 0 Å². The van der Waals surface area contributed by atoms with Crippen LogP contribution in [0.15, 0.2) is 29.6 Å². The van der Waals surface area contributed by atoms with E-state index in [1.807, 2.05) is 13.0 Å². The fourth-order valence-electron chi connectivity index (χ4n) is 1.55. The molecule has 2 aromatic rings. The van der Waals surface area contributed by atoms with Gasteiger partial charge in [-0.1, -0.05) is 6.07 Å². The SMILES string of the molecule is Cc1ccc(N)cc1C(=O)Nc1sccc1C#N. The average Bonchev–Trinajstić information content (AvgIpc) is 2.79. The first-order valence-electron chi connectivity index (χ1n) is 5.27. The van der Waals surface area contributed by atoms with Gasteiger partial charge in [-0.2, -0.15) is 5.26 Å². The van der Waals surface area contributed by atoms with Crippen LogP contribution in [0.25, 0.3) is 0 Å². The molecule has 0 unspecified atom stereocenters. The Morgan fingerprint density at radius 3 is 2.94 bits per heavy atom. The fourth-order valence-corrected chi connectivity index (χ4v) is 2.28. The Morgan fingerprint density at radius 2 is 2.22 bits per heavy atom. The minimum absolute atomic E-state index is 0.251. The summed E-state index contributed by atoms with van der Waals surface area (Å²) in [5.74, 6) is -0.251. The first-order chi connectivity index (χ1) is 8.61. The number of nitrogens with zero attached hydrogens (tertiary/aromatic N) is 1. The van der Waals surface area contributed by atoms with Gasteiger partial charge in [0.15, 0.2) is 0 Å². The lowest BCUT2D eigenvalue weighted by Gasteiger charge is -2.07. The lowest BCUT2D eigenvalue weighted by Crippen LogP contribution is -2.13. The van der Waals surface area contributed by atoms with Crippen LogP contribution in [0.5, 0.6) is 0 Å². The van der Waals surface area contributed by atoms with Crippen molar-refractivity contribution in [2.75, 3.05) is 11.1 Å². The van der Waals surface area contributed by atoms with Crippen molar-refractivity contribution >= 4 is 27.9 Å². The quantitative estimate of drug-likeness (QED) is 0.812. The molecule has 18 heavy (non-hydrogen) atoms. The predicted molar refractivity (Wildman–Crippen MR) is 72.6 cm³/mol. The Hall–Kier alpha value is -2.32. The molecule has 0 aliphatic rings. The number of aryl methyl sites for hydroxylation is 1. The number of carbonyl (C=O) groups excluding carboxylic acids is 1. The van der Waals surface area contributed by atoms with E-state index in [2.05, 4.69) is 5.32 Å².